The number of hydrogen-bond acceptors (Lipinski definition) is 2. The molecule has 0 spiro atoms. The number of ether oxygens (including phenoxy) is 2. The molecule has 2 nitrogen and oxygen atoms in total. The lowest BCUT2D eigenvalue weighted by Crippen LogP contribution is -2.01. The Hall–Kier alpha value is -2.10. The molecular weight excluding hydrogens is 298 g/mol. The van der Waals surface area contributed by atoms with E-state index in [2.05, 4.69) is 0 Å². The van der Waals surface area contributed by atoms with E-state index in [0.29, 0.717) is 19.0 Å². The molecule has 4 heteroatoms. The molecule has 124 valence electrons. The molecule has 2 aromatic carbocycles. The van der Waals surface area contributed by atoms with E-state index in [1.807, 2.05) is 6.92 Å². The van der Waals surface area contributed by atoms with Gasteiger partial charge in [0.2, 0.25) is 0 Å². The van der Waals surface area contributed by atoms with Gasteiger partial charge in [0.15, 0.2) is 23.1 Å². The molecule has 0 unspecified atom stereocenters. The Morgan fingerprint density at radius 2 is 1.57 bits per heavy atom. The molecule has 0 aromatic heterocycles. The maximum Gasteiger partial charge on any atom is 0.165 e. The van der Waals surface area contributed by atoms with Gasteiger partial charge < -0.3 is 9.47 Å². The first-order valence-electron chi connectivity index (χ1n) is 7.99. The molecule has 0 aliphatic carbocycles. The fourth-order valence-electron chi connectivity index (χ4n) is 2.20. The largest absolute Gasteiger partial charge is 0.491 e. The Labute approximate surface area is 136 Å². The van der Waals surface area contributed by atoms with Gasteiger partial charge in [-0.2, -0.15) is 0 Å². The molecule has 0 radical (unpaired) electrons. The third-order valence-corrected chi connectivity index (χ3v) is 3.41. The predicted molar refractivity (Wildman–Crippen MR) is 87.0 cm³/mol. The van der Waals surface area contributed by atoms with E-state index in [4.69, 9.17) is 9.47 Å². The highest BCUT2D eigenvalue weighted by atomic mass is 19.1. The van der Waals surface area contributed by atoms with Crippen molar-refractivity contribution in [3.8, 4) is 11.5 Å². The minimum Gasteiger partial charge on any atom is -0.491 e. The zero-order valence-electron chi connectivity index (χ0n) is 13.4. The van der Waals surface area contributed by atoms with Crippen molar-refractivity contribution in [2.75, 3.05) is 13.2 Å². The maximum absolute atomic E-state index is 13.6. The minimum atomic E-state index is -0.344. The maximum atomic E-state index is 13.6. The van der Waals surface area contributed by atoms with Crippen molar-refractivity contribution in [3.63, 3.8) is 0 Å². The number of aryl methyl sites for hydroxylation is 1. The fraction of sp³-hybridized carbons (Fsp3) is 0.368. The first kappa shape index (κ1) is 17.3. The summed E-state index contributed by atoms with van der Waals surface area (Å²) < 4.78 is 37.7. The van der Waals surface area contributed by atoms with Crippen LogP contribution in [-0.2, 0) is 6.42 Å². The fourth-order valence-corrected chi connectivity index (χ4v) is 2.20. The first-order valence-corrected chi connectivity index (χ1v) is 7.99. The smallest absolute Gasteiger partial charge is 0.165 e. The summed E-state index contributed by atoms with van der Waals surface area (Å²) >= 11 is 0. The van der Waals surface area contributed by atoms with E-state index in [1.54, 1.807) is 30.3 Å². The summed E-state index contributed by atoms with van der Waals surface area (Å²) in [7, 11) is 0. The summed E-state index contributed by atoms with van der Waals surface area (Å²) in [5, 5.41) is 0. The number of benzene rings is 2. The molecule has 0 heterocycles. The van der Waals surface area contributed by atoms with Crippen LogP contribution in [0.3, 0.4) is 0 Å². The Balaban J connectivity index is 1.75. The zero-order valence-corrected chi connectivity index (χ0v) is 13.4. The molecule has 0 bridgehead atoms. The summed E-state index contributed by atoms with van der Waals surface area (Å²) in [6, 6.07) is 11.3. The van der Waals surface area contributed by atoms with Crippen molar-refractivity contribution >= 4 is 0 Å². The summed E-state index contributed by atoms with van der Waals surface area (Å²) in [6.45, 7) is 2.95. The predicted octanol–water partition coefficient (Wildman–Crippen LogP) is 5.16. The average molecular weight is 320 g/mol. The second-order valence-electron chi connectivity index (χ2n) is 5.35. The molecule has 0 atom stereocenters. The topological polar surface area (TPSA) is 18.5 Å². The van der Waals surface area contributed by atoms with E-state index in [-0.39, 0.29) is 17.4 Å². The van der Waals surface area contributed by atoms with E-state index in [0.717, 1.165) is 31.2 Å². The highest BCUT2D eigenvalue weighted by molar-refractivity contribution is 5.30. The molecule has 0 saturated carbocycles. The molecule has 0 fully saturated rings. The second-order valence-corrected chi connectivity index (χ2v) is 5.35. The van der Waals surface area contributed by atoms with Crippen LogP contribution in [0, 0.1) is 11.6 Å². The third kappa shape index (κ3) is 5.55. The molecule has 0 saturated heterocycles. The van der Waals surface area contributed by atoms with Gasteiger partial charge in [-0.3, -0.25) is 0 Å². The van der Waals surface area contributed by atoms with Gasteiger partial charge in [-0.05, 0) is 55.5 Å². The van der Waals surface area contributed by atoms with Gasteiger partial charge >= 0.3 is 0 Å². The van der Waals surface area contributed by atoms with Crippen LogP contribution in [0.25, 0.3) is 0 Å². The highest BCUT2D eigenvalue weighted by Gasteiger charge is 2.05. The number of halogens is 2. The lowest BCUT2D eigenvalue weighted by atomic mass is 10.1. The summed E-state index contributed by atoms with van der Waals surface area (Å²) in [6.07, 6.45) is 3.34. The number of para-hydroxylation sites is 1. The van der Waals surface area contributed by atoms with Crippen molar-refractivity contribution in [3.05, 3.63) is 59.7 Å². The lowest BCUT2D eigenvalue weighted by Gasteiger charge is -2.09. The van der Waals surface area contributed by atoms with E-state index < -0.39 is 0 Å². The van der Waals surface area contributed by atoms with Crippen LogP contribution in [0.2, 0.25) is 0 Å². The standard InChI is InChI=1S/C19H22F2O2/c1-2-12-22-19-14-15(10-11-17(19)21)7-5-6-13-23-18-9-4-3-8-16(18)20/h3-4,8-11,14H,2,5-7,12-13H2,1H3. The lowest BCUT2D eigenvalue weighted by molar-refractivity contribution is 0.291. The number of unbranched alkanes of at least 4 members (excludes halogenated alkanes) is 1. The molecule has 0 aliphatic rings. The highest BCUT2D eigenvalue weighted by Crippen LogP contribution is 2.20. The number of hydrogen-bond donors (Lipinski definition) is 0. The van der Waals surface area contributed by atoms with E-state index in [1.165, 1.54) is 12.1 Å². The van der Waals surface area contributed by atoms with Crippen LogP contribution in [-0.4, -0.2) is 13.2 Å². The van der Waals surface area contributed by atoms with Crippen LogP contribution in [0.1, 0.15) is 31.7 Å². The normalized spacial score (nSPS) is 10.6. The van der Waals surface area contributed by atoms with Crippen molar-refractivity contribution in [2.24, 2.45) is 0 Å². The Kier molecular flexibility index (Phi) is 6.85. The SMILES string of the molecule is CCCOc1cc(CCCCOc2ccccc2F)ccc1F. The van der Waals surface area contributed by atoms with Gasteiger partial charge in [0.05, 0.1) is 13.2 Å². The van der Waals surface area contributed by atoms with Gasteiger partial charge in [0, 0.05) is 0 Å². The molecule has 2 rings (SSSR count). The van der Waals surface area contributed by atoms with Crippen LogP contribution in [0.4, 0.5) is 8.78 Å². The van der Waals surface area contributed by atoms with Crippen LogP contribution in [0.5, 0.6) is 11.5 Å². The van der Waals surface area contributed by atoms with Crippen molar-refractivity contribution in [2.45, 2.75) is 32.6 Å². The summed E-state index contributed by atoms with van der Waals surface area (Å²) in [4.78, 5) is 0. The average Bonchev–Trinajstić information content (AvgIpc) is 2.56. The molecular formula is C19H22F2O2. The van der Waals surface area contributed by atoms with Gasteiger partial charge in [0.1, 0.15) is 0 Å². The van der Waals surface area contributed by atoms with Crippen molar-refractivity contribution in [1.82, 2.24) is 0 Å². The number of rotatable bonds is 9. The van der Waals surface area contributed by atoms with Gasteiger partial charge in [-0.25, -0.2) is 8.78 Å². The third-order valence-electron chi connectivity index (χ3n) is 3.41. The second kappa shape index (κ2) is 9.13. The minimum absolute atomic E-state index is 0.282. The van der Waals surface area contributed by atoms with Crippen molar-refractivity contribution < 1.29 is 18.3 Å². The van der Waals surface area contributed by atoms with Crippen LogP contribution >= 0.6 is 0 Å². The summed E-state index contributed by atoms with van der Waals surface area (Å²) in [5.74, 6) is -0.0784. The molecule has 0 aliphatic heterocycles. The van der Waals surface area contributed by atoms with Crippen molar-refractivity contribution in [1.29, 1.82) is 0 Å². The molecule has 2 aromatic rings. The molecule has 0 amide bonds. The van der Waals surface area contributed by atoms with Gasteiger partial charge in [-0.15, -0.1) is 0 Å². The van der Waals surface area contributed by atoms with Crippen LogP contribution < -0.4 is 9.47 Å². The Morgan fingerprint density at radius 3 is 2.35 bits per heavy atom. The van der Waals surface area contributed by atoms with E-state index in [9.17, 15) is 8.78 Å². The Morgan fingerprint density at radius 1 is 0.826 bits per heavy atom. The Bertz CT molecular complexity index is 614. The van der Waals surface area contributed by atoms with Crippen LogP contribution in [0.15, 0.2) is 42.5 Å². The quantitative estimate of drug-likeness (QED) is 0.595. The van der Waals surface area contributed by atoms with Gasteiger partial charge in [-0.1, -0.05) is 25.1 Å². The summed E-state index contributed by atoms with van der Waals surface area (Å²) in [5.41, 5.74) is 1.03. The van der Waals surface area contributed by atoms with E-state index >= 15 is 0 Å². The molecule has 23 heavy (non-hydrogen) atoms. The first-order chi connectivity index (χ1) is 11.2. The molecule has 0 N–H and O–H groups in total. The van der Waals surface area contributed by atoms with Gasteiger partial charge in [0.25, 0.3) is 0 Å². The zero-order chi connectivity index (χ0) is 16.5. The monoisotopic (exact) mass is 320 g/mol.